The Hall–Kier alpha value is -1.71. The molecule has 0 bridgehead atoms. The van der Waals surface area contributed by atoms with Crippen molar-refractivity contribution < 1.29 is 15.0 Å². The zero-order valence-corrected chi connectivity index (χ0v) is 11.3. The molecule has 0 heterocycles. The van der Waals surface area contributed by atoms with Crippen LogP contribution in [0.2, 0.25) is 0 Å². The lowest BCUT2D eigenvalue weighted by Gasteiger charge is -2.27. The van der Waals surface area contributed by atoms with Crippen molar-refractivity contribution in [2.45, 2.75) is 44.6 Å². The minimum atomic E-state index is -0.303. The quantitative estimate of drug-likeness (QED) is 0.806. The largest absolute Gasteiger partial charge is 0.507 e. The Balaban J connectivity index is 2.18. The van der Waals surface area contributed by atoms with E-state index in [9.17, 15) is 15.0 Å². The van der Waals surface area contributed by atoms with Crippen LogP contribution in [0.5, 0.6) is 11.5 Å². The van der Waals surface area contributed by atoms with Gasteiger partial charge in [-0.05, 0) is 25.0 Å². The minimum absolute atomic E-state index is 0.00856. The van der Waals surface area contributed by atoms with E-state index in [2.05, 4.69) is 0 Å². The van der Waals surface area contributed by atoms with Gasteiger partial charge in [-0.25, -0.2) is 0 Å². The van der Waals surface area contributed by atoms with E-state index < -0.39 is 0 Å². The number of phenolic OH excluding ortho intramolecular Hbond substituents is 2. The molecule has 1 aromatic rings. The number of phenols is 2. The van der Waals surface area contributed by atoms with E-state index in [0.717, 1.165) is 25.7 Å². The van der Waals surface area contributed by atoms with E-state index in [1.54, 1.807) is 11.9 Å². The molecule has 0 saturated heterocycles. The maximum Gasteiger partial charge on any atom is 0.261 e. The molecule has 1 fully saturated rings. The molecule has 19 heavy (non-hydrogen) atoms. The first kappa shape index (κ1) is 13.7. The smallest absolute Gasteiger partial charge is 0.261 e. The lowest BCUT2D eigenvalue weighted by molar-refractivity contribution is 0.0711. The Morgan fingerprint density at radius 2 is 1.63 bits per heavy atom. The van der Waals surface area contributed by atoms with Crippen molar-refractivity contribution in [3.05, 3.63) is 23.8 Å². The second-order valence-electron chi connectivity index (χ2n) is 5.23. The summed E-state index contributed by atoms with van der Waals surface area (Å²) in [5.41, 5.74) is 0.00856. The van der Waals surface area contributed by atoms with Crippen molar-refractivity contribution in [2.75, 3.05) is 7.05 Å². The van der Waals surface area contributed by atoms with Crippen LogP contribution in [0.25, 0.3) is 0 Å². The van der Waals surface area contributed by atoms with Gasteiger partial charge in [-0.3, -0.25) is 4.79 Å². The van der Waals surface area contributed by atoms with Crippen molar-refractivity contribution in [3.8, 4) is 11.5 Å². The Bertz CT molecular complexity index is 430. The molecular formula is C15H21NO3. The molecule has 1 saturated carbocycles. The van der Waals surface area contributed by atoms with E-state index >= 15 is 0 Å². The van der Waals surface area contributed by atoms with Gasteiger partial charge in [-0.2, -0.15) is 0 Å². The van der Waals surface area contributed by atoms with Gasteiger partial charge in [0.05, 0.1) is 0 Å². The van der Waals surface area contributed by atoms with Crippen LogP contribution in [0, 0.1) is 0 Å². The lowest BCUT2D eigenvalue weighted by Crippen LogP contribution is -2.36. The molecule has 0 atom stereocenters. The molecule has 1 aliphatic rings. The van der Waals surface area contributed by atoms with E-state index in [1.807, 2.05) is 0 Å². The highest BCUT2D eigenvalue weighted by Crippen LogP contribution is 2.29. The van der Waals surface area contributed by atoms with Gasteiger partial charge < -0.3 is 15.1 Å². The first-order valence-corrected chi connectivity index (χ1v) is 6.89. The highest BCUT2D eigenvalue weighted by molar-refractivity contribution is 5.99. The molecule has 0 aliphatic heterocycles. The summed E-state index contributed by atoms with van der Waals surface area (Å²) in [5.74, 6) is -0.626. The third kappa shape index (κ3) is 3.00. The third-order valence-electron chi connectivity index (χ3n) is 3.93. The molecule has 0 unspecified atom stereocenters. The van der Waals surface area contributed by atoms with Gasteiger partial charge >= 0.3 is 0 Å². The van der Waals surface area contributed by atoms with Crippen LogP contribution in [-0.2, 0) is 0 Å². The van der Waals surface area contributed by atoms with E-state index in [0.29, 0.717) is 0 Å². The summed E-state index contributed by atoms with van der Waals surface area (Å²) in [5, 5.41) is 19.5. The van der Waals surface area contributed by atoms with Crippen molar-refractivity contribution in [3.63, 3.8) is 0 Å². The number of benzene rings is 1. The number of carbonyl (C=O) groups is 1. The average molecular weight is 263 g/mol. The van der Waals surface area contributed by atoms with Crippen LogP contribution in [0.1, 0.15) is 48.9 Å². The lowest BCUT2D eigenvalue weighted by atomic mass is 10.1. The molecule has 104 valence electrons. The number of amides is 1. The van der Waals surface area contributed by atoms with Gasteiger partial charge in [0.25, 0.3) is 5.91 Å². The fraction of sp³-hybridized carbons (Fsp3) is 0.533. The van der Waals surface area contributed by atoms with Gasteiger partial charge in [0, 0.05) is 13.1 Å². The van der Waals surface area contributed by atoms with Crippen LogP contribution in [0.4, 0.5) is 0 Å². The van der Waals surface area contributed by atoms with Crippen LogP contribution in [0.15, 0.2) is 18.2 Å². The topological polar surface area (TPSA) is 60.8 Å². The molecular weight excluding hydrogens is 242 g/mol. The standard InChI is InChI=1S/C15H21NO3/c1-16(11-7-4-2-3-5-8-11)15(19)14-12(17)9-6-10-13(14)18/h6,9-11,17-18H,2-5,7-8H2,1H3. The first-order chi connectivity index (χ1) is 9.11. The second-order valence-corrected chi connectivity index (χ2v) is 5.23. The Morgan fingerprint density at radius 1 is 1.11 bits per heavy atom. The number of hydrogen-bond acceptors (Lipinski definition) is 3. The number of hydrogen-bond donors (Lipinski definition) is 2. The van der Waals surface area contributed by atoms with E-state index in [1.165, 1.54) is 31.0 Å². The monoisotopic (exact) mass is 263 g/mol. The molecule has 0 radical (unpaired) electrons. The molecule has 0 spiro atoms. The summed E-state index contributed by atoms with van der Waals surface area (Å²) in [7, 11) is 1.75. The van der Waals surface area contributed by atoms with E-state index in [4.69, 9.17) is 0 Å². The average Bonchev–Trinajstić information content (AvgIpc) is 2.66. The summed E-state index contributed by atoms with van der Waals surface area (Å²) < 4.78 is 0. The summed E-state index contributed by atoms with van der Waals surface area (Å²) in [4.78, 5) is 14.1. The van der Waals surface area contributed by atoms with Gasteiger partial charge in [0.1, 0.15) is 17.1 Å². The SMILES string of the molecule is CN(C(=O)c1c(O)cccc1O)C1CCCCCC1. The number of carbonyl (C=O) groups excluding carboxylic acids is 1. The molecule has 1 amide bonds. The maximum absolute atomic E-state index is 12.4. The predicted molar refractivity (Wildman–Crippen MR) is 73.4 cm³/mol. The summed E-state index contributed by atoms with van der Waals surface area (Å²) in [6.07, 6.45) is 6.71. The highest BCUT2D eigenvalue weighted by atomic mass is 16.3. The van der Waals surface area contributed by atoms with Gasteiger partial charge in [-0.1, -0.05) is 31.7 Å². The van der Waals surface area contributed by atoms with Gasteiger partial charge in [0.15, 0.2) is 0 Å². The Labute approximate surface area is 113 Å². The van der Waals surface area contributed by atoms with Crippen molar-refractivity contribution >= 4 is 5.91 Å². The number of aromatic hydroxyl groups is 2. The summed E-state index contributed by atoms with van der Waals surface area (Å²) >= 11 is 0. The minimum Gasteiger partial charge on any atom is -0.507 e. The molecule has 0 aromatic heterocycles. The summed E-state index contributed by atoms with van der Waals surface area (Å²) in [6.45, 7) is 0. The van der Waals surface area contributed by atoms with E-state index in [-0.39, 0.29) is 29.0 Å². The number of nitrogens with zero attached hydrogens (tertiary/aromatic N) is 1. The third-order valence-corrected chi connectivity index (χ3v) is 3.93. The second kappa shape index (κ2) is 5.95. The molecule has 2 N–H and O–H groups in total. The molecule has 2 rings (SSSR count). The fourth-order valence-electron chi connectivity index (χ4n) is 2.73. The van der Waals surface area contributed by atoms with Gasteiger partial charge in [0.2, 0.25) is 0 Å². The predicted octanol–water partition coefficient (Wildman–Crippen LogP) is 2.89. The Kier molecular flexibility index (Phi) is 4.30. The normalized spacial score (nSPS) is 16.9. The first-order valence-electron chi connectivity index (χ1n) is 6.89. The molecule has 1 aliphatic carbocycles. The molecule has 4 nitrogen and oxygen atoms in total. The highest BCUT2D eigenvalue weighted by Gasteiger charge is 2.25. The zero-order chi connectivity index (χ0) is 13.8. The van der Waals surface area contributed by atoms with Gasteiger partial charge in [-0.15, -0.1) is 0 Å². The van der Waals surface area contributed by atoms with Crippen molar-refractivity contribution in [1.82, 2.24) is 4.90 Å². The van der Waals surface area contributed by atoms with Crippen LogP contribution >= 0.6 is 0 Å². The summed E-state index contributed by atoms with van der Waals surface area (Å²) in [6, 6.07) is 4.57. The van der Waals surface area contributed by atoms with Crippen LogP contribution in [-0.4, -0.2) is 34.1 Å². The van der Waals surface area contributed by atoms with Crippen molar-refractivity contribution in [1.29, 1.82) is 0 Å². The molecule has 4 heteroatoms. The fourth-order valence-corrected chi connectivity index (χ4v) is 2.73. The molecule has 1 aromatic carbocycles. The zero-order valence-electron chi connectivity index (χ0n) is 11.3. The van der Waals surface area contributed by atoms with Crippen LogP contribution < -0.4 is 0 Å². The van der Waals surface area contributed by atoms with Crippen LogP contribution in [0.3, 0.4) is 0 Å². The number of rotatable bonds is 2. The van der Waals surface area contributed by atoms with Crippen molar-refractivity contribution in [2.24, 2.45) is 0 Å². The maximum atomic E-state index is 12.4. The Morgan fingerprint density at radius 3 is 2.16 bits per heavy atom.